The van der Waals surface area contributed by atoms with Crippen molar-refractivity contribution in [3.63, 3.8) is 0 Å². The Morgan fingerprint density at radius 2 is 2.05 bits per heavy atom. The summed E-state index contributed by atoms with van der Waals surface area (Å²) in [6, 6.07) is 6.38. The number of rotatable bonds is 5. The highest BCUT2D eigenvalue weighted by Gasteiger charge is 2.37. The van der Waals surface area contributed by atoms with Crippen LogP contribution in [0.4, 0.5) is 0 Å². The summed E-state index contributed by atoms with van der Waals surface area (Å²) in [7, 11) is -1.66. The van der Waals surface area contributed by atoms with Crippen LogP contribution in [-0.4, -0.2) is 14.9 Å². The van der Waals surface area contributed by atoms with E-state index in [-0.39, 0.29) is 5.04 Å². The zero-order chi connectivity index (χ0) is 16.4. The van der Waals surface area contributed by atoms with Gasteiger partial charge in [-0.15, -0.1) is 0 Å². The zero-order valence-electron chi connectivity index (χ0n) is 14.8. The Morgan fingerprint density at radius 3 is 2.73 bits per heavy atom. The van der Waals surface area contributed by atoms with Gasteiger partial charge in [-0.2, -0.15) is 4.57 Å². The number of hydrogen-bond acceptors (Lipinski definition) is 1. The van der Waals surface area contributed by atoms with Gasteiger partial charge in [0, 0.05) is 30.7 Å². The Morgan fingerprint density at radius 1 is 1.32 bits per heavy atom. The molecule has 0 radical (unpaired) electrons. The van der Waals surface area contributed by atoms with Gasteiger partial charge >= 0.3 is 0 Å². The largest absolute Gasteiger partial charge is 0.416 e. The molecule has 2 rings (SSSR count). The van der Waals surface area contributed by atoms with E-state index in [4.69, 9.17) is 4.43 Å². The molecular weight excluding hydrogens is 286 g/mol. The number of hydrogen-bond donors (Lipinski definition) is 0. The maximum absolute atomic E-state index is 6.29. The summed E-state index contributed by atoms with van der Waals surface area (Å²) < 4.78 is 8.60. The fourth-order valence-corrected chi connectivity index (χ4v) is 3.52. The highest BCUT2D eigenvalue weighted by molar-refractivity contribution is 6.74. The molecule has 0 spiro atoms. The van der Waals surface area contributed by atoms with Crippen LogP contribution in [0.1, 0.15) is 39.3 Å². The van der Waals surface area contributed by atoms with Gasteiger partial charge in [-0.1, -0.05) is 33.4 Å². The first-order valence-electron chi connectivity index (χ1n) is 8.23. The van der Waals surface area contributed by atoms with Gasteiger partial charge in [-0.25, -0.2) is 0 Å². The number of nitrogens with zero attached hydrogens (tertiary/aromatic N) is 1. The second-order valence-electron chi connectivity index (χ2n) is 7.65. The van der Waals surface area contributed by atoms with Crippen LogP contribution in [0.15, 0.2) is 42.6 Å². The van der Waals surface area contributed by atoms with E-state index >= 15 is 0 Å². The molecule has 1 aliphatic heterocycles. The minimum Gasteiger partial charge on any atom is -0.416 e. The van der Waals surface area contributed by atoms with E-state index in [9.17, 15) is 0 Å². The highest BCUT2D eigenvalue weighted by atomic mass is 28.4. The second kappa shape index (κ2) is 6.51. The third-order valence-electron chi connectivity index (χ3n) is 4.99. The molecule has 0 amide bonds. The molecule has 0 fully saturated rings. The van der Waals surface area contributed by atoms with Crippen molar-refractivity contribution < 1.29 is 8.99 Å². The fourth-order valence-electron chi connectivity index (χ4n) is 2.47. The highest BCUT2D eigenvalue weighted by Crippen LogP contribution is 2.37. The number of pyridine rings is 1. The Bertz CT molecular complexity index is 581. The molecule has 22 heavy (non-hydrogen) atoms. The lowest BCUT2D eigenvalue weighted by Gasteiger charge is -2.36. The van der Waals surface area contributed by atoms with E-state index in [1.165, 1.54) is 16.8 Å². The van der Waals surface area contributed by atoms with Crippen molar-refractivity contribution in [3.05, 3.63) is 48.3 Å². The van der Waals surface area contributed by atoms with Crippen LogP contribution in [0.5, 0.6) is 0 Å². The molecule has 0 aliphatic carbocycles. The summed E-state index contributed by atoms with van der Waals surface area (Å²) in [6.45, 7) is 17.6. The molecule has 2 heterocycles. The molecular formula is C19H30NOSi+. The van der Waals surface area contributed by atoms with Crippen LogP contribution < -0.4 is 4.57 Å². The van der Waals surface area contributed by atoms with Gasteiger partial charge in [0.05, 0.1) is 0 Å². The first kappa shape index (κ1) is 17.2. The molecule has 1 aromatic heterocycles. The Kier molecular flexibility index (Phi) is 5.08. The Balaban J connectivity index is 1.98. The predicted molar refractivity (Wildman–Crippen MR) is 96.1 cm³/mol. The first-order valence-corrected chi connectivity index (χ1v) is 11.1. The van der Waals surface area contributed by atoms with Crippen LogP contribution in [-0.2, 0) is 11.0 Å². The smallest absolute Gasteiger partial charge is 0.212 e. The lowest BCUT2D eigenvalue weighted by molar-refractivity contribution is -0.699. The van der Waals surface area contributed by atoms with Gasteiger partial charge in [0.2, 0.25) is 5.69 Å². The molecule has 0 unspecified atom stereocenters. The van der Waals surface area contributed by atoms with Gasteiger partial charge in [0.15, 0.2) is 21.1 Å². The van der Waals surface area contributed by atoms with Crippen LogP contribution in [0.25, 0.3) is 5.57 Å². The first-order chi connectivity index (χ1) is 10.2. The molecule has 0 saturated heterocycles. The molecule has 0 aromatic carbocycles. The molecule has 0 atom stereocenters. The standard InChI is InChI=1S/C19H30NOSi/c1-16(12-15-21-22(5,6)19(2,3)4)17-10-9-14-20-13-8-7-11-18(17)20/h7-8,10-11,13H,1,9,12,14-15H2,2-6H3/q+1. The molecule has 2 nitrogen and oxygen atoms in total. The van der Waals surface area contributed by atoms with Crippen molar-refractivity contribution in [1.29, 1.82) is 0 Å². The number of aromatic nitrogens is 1. The minimum atomic E-state index is -1.66. The third kappa shape index (κ3) is 3.76. The van der Waals surface area contributed by atoms with E-state index in [1.54, 1.807) is 0 Å². The maximum Gasteiger partial charge on any atom is 0.212 e. The van der Waals surface area contributed by atoms with Gasteiger partial charge < -0.3 is 4.43 Å². The summed E-state index contributed by atoms with van der Waals surface area (Å²) >= 11 is 0. The fraction of sp³-hybridized carbons (Fsp3) is 0.526. The maximum atomic E-state index is 6.29. The molecule has 120 valence electrons. The van der Waals surface area contributed by atoms with Gasteiger partial charge in [-0.05, 0) is 36.2 Å². The van der Waals surface area contributed by atoms with Gasteiger partial charge in [-0.3, -0.25) is 0 Å². The number of allylic oxidation sites excluding steroid dienone is 2. The monoisotopic (exact) mass is 316 g/mol. The molecule has 1 aliphatic rings. The average Bonchev–Trinajstić information content (AvgIpc) is 2.45. The number of aryl methyl sites for hydroxylation is 1. The molecule has 3 heteroatoms. The SMILES string of the molecule is C=C(CCO[Si](C)(C)C(C)(C)C)C1=CCC[n+]2ccccc21. The van der Waals surface area contributed by atoms with E-state index in [0.29, 0.717) is 0 Å². The second-order valence-corrected chi connectivity index (χ2v) is 12.5. The lowest BCUT2D eigenvalue weighted by Crippen LogP contribution is -2.41. The quantitative estimate of drug-likeness (QED) is 0.565. The topological polar surface area (TPSA) is 13.1 Å². The molecule has 1 aromatic rings. The van der Waals surface area contributed by atoms with Crippen molar-refractivity contribution in [3.8, 4) is 0 Å². The summed E-state index contributed by atoms with van der Waals surface area (Å²) in [4.78, 5) is 0. The van der Waals surface area contributed by atoms with Crippen molar-refractivity contribution >= 4 is 13.9 Å². The minimum absolute atomic E-state index is 0.265. The molecule has 0 bridgehead atoms. The van der Waals surface area contributed by atoms with Crippen molar-refractivity contribution in [2.24, 2.45) is 0 Å². The lowest BCUT2D eigenvalue weighted by atomic mass is 9.97. The third-order valence-corrected chi connectivity index (χ3v) is 9.53. The van der Waals surface area contributed by atoms with Gasteiger partial charge in [0.1, 0.15) is 0 Å². The summed E-state index contributed by atoms with van der Waals surface area (Å²) in [5, 5.41) is 0.265. The van der Waals surface area contributed by atoms with E-state index < -0.39 is 8.32 Å². The summed E-state index contributed by atoms with van der Waals surface area (Å²) in [5.74, 6) is 0. The van der Waals surface area contributed by atoms with Crippen LogP contribution in [0, 0.1) is 0 Å². The summed E-state index contributed by atoms with van der Waals surface area (Å²) in [5.41, 5.74) is 3.77. The normalized spacial score (nSPS) is 15.2. The van der Waals surface area contributed by atoms with Crippen LogP contribution in [0.2, 0.25) is 18.1 Å². The molecule has 0 saturated carbocycles. The van der Waals surface area contributed by atoms with E-state index in [1.807, 2.05) is 0 Å². The van der Waals surface area contributed by atoms with Crippen molar-refractivity contribution in [2.45, 2.75) is 58.3 Å². The van der Waals surface area contributed by atoms with Crippen molar-refractivity contribution in [2.75, 3.05) is 6.61 Å². The predicted octanol–water partition coefficient (Wildman–Crippen LogP) is 4.73. The van der Waals surface area contributed by atoms with E-state index in [2.05, 4.69) is 75.5 Å². The number of fused-ring (bicyclic) bond motifs is 1. The molecule has 0 N–H and O–H groups in total. The zero-order valence-corrected chi connectivity index (χ0v) is 15.8. The van der Waals surface area contributed by atoms with E-state index in [0.717, 1.165) is 26.0 Å². The Hall–Kier alpha value is -1.19. The van der Waals surface area contributed by atoms with Gasteiger partial charge in [0.25, 0.3) is 0 Å². The van der Waals surface area contributed by atoms with Crippen LogP contribution >= 0.6 is 0 Å². The van der Waals surface area contributed by atoms with Crippen LogP contribution in [0.3, 0.4) is 0 Å². The Labute approximate surface area is 136 Å². The summed E-state index contributed by atoms with van der Waals surface area (Å²) in [6.07, 6.45) is 6.47. The van der Waals surface area contributed by atoms with Crippen molar-refractivity contribution in [1.82, 2.24) is 0 Å². The average molecular weight is 317 g/mol.